The number of H-pyrrole nitrogens is 1. The van der Waals surface area contributed by atoms with Crippen LogP contribution in [0.2, 0.25) is 0 Å². The Morgan fingerprint density at radius 2 is 2.44 bits per heavy atom. The highest BCUT2D eigenvalue weighted by Gasteiger charge is 2.35. The minimum atomic E-state index is -0.665. The van der Waals surface area contributed by atoms with Gasteiger partial charge in [-0.1, -0.05) is 5.11 Å². The molecule has 18 heavy (non-hydrogen) atoms. The first-order chi connectivity index (χ1) is 8.65. The lowest BCUT2D eigenvalue weighted by molar-refractivity contribution is -0.0270. The average Bonchev–Trinajstić information content (AvgIpc) is 2.72. The van der Waals surface area contributed by atoms with Crippen LogP contribution in [0.25, 0.3) is 10.4 Å². The van der Waals surface area contributed by atoms with Crippen molar-refractivity contribution in [2.75, 3.05) is 6.61 Å². The third-order valence-corrected chi connectivity index (χ3v) is 2.75. The summed E-state index contributed by atoms with van der Waals surface area (Å²) < 4.78 is 6.60. The quantitative estimate of drug-likeness (QED) is 0.426. The topological polar surface area (TPSA) is 133 Å². The molecule has 96 valence electrons. The second kappa shape index (κ2) is 5.05. The summed E-state index contributed by atoms with van der Waals surface area (Å²) in [6.45, 7) is -0.307. The van der Waals surface area contributed by atoms with Gasteiger partial charge in [-0.2, -0.15) is 0 Å². The number of aromatic nitrogens is 2. The lowest BCUT2D eigenvalue weighted by atomic mass is 10.1. The lowest BCUT2D eigenvalue weighted by Gasteiger charge is -2.13. The van der Waals surface area contributed by atoms with Crippen LogP contribution in [-0.4, -0.2) is 33.4 Å². The van der Waals surface area contributed by atoms with Gasteiger partial charge in [0.2, 0.25) is 0 Å². The molecule has 1 aromatic rings. The van der Waals surface area contributed by atoms with E-state index in [0.29, 0.717) is 0 Å². The Balaban J connectivity index is 2.28. The van der Waals surface area contributed by atoms with E-state index in [9.17, 15) is 9.59 Å². The summed E-state index contributed by atoms with van der Waals surface area (Å²) in [4.78, 5) is 27.2. The van der Waals surface area contributed by atoms with Gasteiger partial charge in [0.1, 0.15) is 6.23 Å². The molecule has 2 heterocycles. The molecular formula is C9H11N5O4. The number of ether oxygens (including phenoxy) is 1. The van der Waals surface area contributed by atoms with Gasteiger partial charge in [-0.3, -0.25) is 14.3 Å². The van der Waals surface area contributed by atoms with E-state index >= 15 is 0 Å². The van der Waals surface area contributed by atoms with E-state index in [1.165, 1.54) is 16.8 Å². The van der Waals surface area contributed by atoms with Crippen molar-refractivity contribution in [2.24, 2.45) is 5.11 Å². The molecule has 9 nitrogen and oxygen atoms in total. The molecule has 1 saturated heterocycles. The predicted octanol–water partition coefficient (Wildman–Crippen LogP) is -0.505. The van der Waals surface area contributed by atoms with Crippen molar-refractivity contribution in [1.82, 2.24) is 9.55 Å². The Labute approximate surface area is 100 Å². The molecule has 0 aromatic carbocycles. The highest BCUT2D eigenvalue weighted by atomic mass is 16.5. The second-order valence-corrected chi connectivity index (χ2v) is 3.84. The lowest BCUT2D eigenvalue weighted by Crippen LogP contribution is -2.31. The minimum Gasteiger partial charge on any atom is -0.394 e. The molecular weight excluding hydrogens is 242 g/mol. The number of nitrogens with one attached hydrogen (secondary N) is 1. The van der Waals surface area contributed by atoms with E-state index in [-0.39, 0.29) is 13.0 Å². The molecule has 2 rings (SSSR count). The maximum absolute atomic E-state index is 11.5. The minimum absolute atomic E-state index is 0.265. The van der Waals surface area contributed by atoms with Crippen molar-refractivity contribution < 1.29 is 9.84 Å². The van der Waals surface area contributed by atoms with Gasteiger partial charge >= 0.3 is 5.69 Å². The van der Waals surface area contributed by atoms with E-state index in [1.807, 2.05) is 0 Å². The van der Waals surface area contributed by atoms with Crippen LogP contribution in [-0.2, 0) is 4.74 Å². The third kappa shape index (κ3) is 2.28. The molecule has 1 fully saturated rings. The standard InChI is InChI=1S/C9H11N5O4/c10-13-12-5-3-8(18-6(5)4-15)14-2-1-7(16)11-9(14)17/h1-2,5-6,8,15H,3-4H2,(H,11,16,17)/t5-,6+,8-/m0/s1. The summed E-state index contributed by atoms with van der Waals surface area (Å²) in [5.74, 6) is 0. The van der Waals surface area contributed by atoms with Crippen molar-refractivity contribution >= 4 is 0 Å². The fourth-order valence-corrected chi connectivity index (χ4v) is 1.89. The van der Waals surface area contributed by atoms with Gasteiger partial charge in [-0.05, 0) is 5.53 Å². The van der Waals surface area contributed by atoms with Gasteiger partial charge in [0.05, 0.1) is 18.8 Å². The van der Waals surface area contributed by atoms with Crippen LogP contribution in [0.1, 0.15) is 12.6 Å². The number of aliphatic hydroxyl groups is 1. The largest absolute Gasteiger partial charge is 0.394 e. The predicted molar refractivity (Wildman–Crippen MR) is 59.9 cm³/mol. The van der Waals surface area contributed by atoms with Gasteiger partial charge in [-0.25, -0.2) is 4.79 Å². The molecule has 0 bridgehead atoms. The Kier molecular flexibility index (Phi) is 3.47. The zero-order valence-corrected chi connectivity index (χ0v) is 9.26. The van der Waals surface area contributed by atoms with Gasteiger partial charge in [-0.15, -0.1) is 0 Å². The number of rotatable bonds is 3. The average molecular weight is 253 g/mol. The highest BCUT2D eigenvalue weighted by Crippen LogP contribution is 2.29. The number of azide groups is 1. The molecule has 0 saturated carbocycles. The molecule has 0 spiro atoms. The molecule has 3 atom stereocenters. The number of aromatic amines is 1. The zero-order chi connectivity index (χ0) is 13.1. The van der Waals surface area contributed by atoms with Gasteiger partial charge in [0.25, 0.3) is 5.56 Å². The Bertz CT molecular complexity index is 587. The summed E-state index contributed by atoms with van der Waals surface area (Å²) in [5.41, 5.74) is 7.29. The van der Waals surface area contributed by atoms with Gasteiger partial charge in [0, 0.05) is 23.6 Å². The van der Waals surface area contributed by atoms with Gasteiger partial charge < -0.3 is 9.84 Å². The summed E-state index contributed by atoms with van der Waals surface area (Å²) in [6.07, 6.45) is 0.256. The van der Waals surface area contributed by atoms with Crippen molar-refractivity contribution in [3.8, 4) is 0 Å². The number of hydrogen-bond donors (Lipinski definition) is 2. The summed E-state index contributed by atoms with van der Waals surface area (Å²) in [7, 11) is 0. The van der Waals surface area contributed by atoms with Crippen molar-refractivity contribution in [2.45, 2.75) is 24.8 Å². The summed E-state index contributed by atoms with van der Waals surface area (Å²) in [5, 5.41) is 12.6. The van der Waals surface area contributed by atoms with Crippen LogP contribution in [0, 0.1) is 0 Å². The Hall–Kier alpha value is -2.09. The number of nitrogens with zero attached hydrogens (tertiary/aromatic N) is 4. The van der Waals surface area contributed by atoms with E-state index in [2.05, 4.69) is 15.0 Å². The molecule has 1 aromatic heterocycles. The van der Waals surface area contributed by atoms with Gasteiger partial charge in [0.15, 0.2) is 0 Å². The maximum atomic E-state index is 11.5. The van der Waals surface area contributed by atoms with Crippen molar-refractivity contribution in [3.05, 3.63) is 43.5 Å². The molecule has 1 aliphatic rings. The molecule has 0 amide bonds. The van der Waals surface area contributed by atoms with Crippen LogP contribution in [0.15, 0.2) is 27.0 Å². The molecule has 0 radical (unpaired) electrons. The fourth-order valence-electron chi connectivity index (χ4n) is 1.89. The molecule has 0 unspecified atom stereocenters. The van der Waals surface area contributed by atoms with Crippen LogP contribution < -0.4 is 11.2 Å². The SMILES string of the molecule is [N-]=[N+]=N[C@H]1C[C@@H](n2ccc(=O)[nH]c2=O)O[C@@H]1CO. The second-order valence-electron chi connectivity index (χ2n) is 3.84. The number of aliphatic hydroxyl groups excluding tert-OH is 1. The Morgan fingerprint density at radius 1 is 1.67 bits per heavy atom. The van der Waals surface area contributed by atoms with Crippen LogP contribution >= 0.6 is 0 Å². The van der Waals surface area contributed by atoms with Crippen molar-refractivity contribution in [1.29, 1.82) is 0 Å². The zero-order valence-electron chi connectivity index (χ0n) is 9.26. The molecule has 2 N–H and O–H groups in total. The van der Waals surface area contributed by atoms with E-state index < -0.39 is 29.6 Å². The summed E-state index contributed by atoms with van der Waals surface area (Å²) >= 11 is 0. The first kappa shape index (κ1) is 12.4. The normalized spacial score (nSPS) is 26.8. The van der Waals surface area contributed by atoms with Crippen LogP contribution in [0.4, 0.5) is 0 Å². The third-order valence-electron chi connectivity index (χ3n) is 2.75. The van der Waals surface area contributed by atoms with E-state index in [0.717, 1.165) is 0 Å². The molecule has 0 aliphatic carbocycles. The maximum Gasteiger partial charge on any atom is 0.330 e. The number of hydrogen-bond acceptors (Lipinski definition) is 5. The van der Waals surface area contributed by atoms with Crippen LogP contribution in [0.3, 0.4) is 0 Å². The highest BCUT2D eigenvalue weighted by molar-refractivity contribution is 4.90. The summed E-state index contributed by atoms with van der Waals surface area (Å²) in [6, 6.07) is 0.656. The Morgan fingerprint density at radius 3 is 3.06 bits per heavy atom. The smallest absolute Gasteiger partial charge is 0.330 e. The van der Waals surface area contributed by atoms with Crippen molar-refractivity contribution in [3.63, 3.8) is 0 Å². The first-order valence-electron chi connectivity index (χ1n) is 5.27. The monoisotopic (exact) mass is 253 g/mol. The van der Waals surface area contributed by atoms with E-state index in [4.69, 9.17) is 15.4 Å². The van der Waals surface area contributed by atoms with E-state index in [1.54, 1.807) is 0 Å². The molecule has 9 heteroatoms. The first-order valence-corrected chi connectivity index (χ1v) is 5.27. The van der Waals surface area contributed by atoms with Crippen LogP contribution in [0.5, 0.6) is 0 Å². The fraction of sp³-hybridized carbons (Fsp3) is 0.556. The molecule has 1 aliphatic heterocycles.